The first-order chi connectivity index (χ1) is 11.8. The van der Waals surface area contributed by atoms with Crippen LogP contribution in [0.2, 0.25) is 0 Å². The van der Waals surface area contributed by atoms with E-state index in [9.17, 15) is 4.79 Å². The van der Waals surface area contributed by atoms with Crippen molar-refractivity contribution in [3.05, 3.63) is 24.3 Å². The lowest BCUT2D eigenvalue weighted by Crippen LogP contribution is -2.51. The highest BCUT2D eigenvalue weighted by Crippen LogP contribution is 2.28. The van der Waals surface area contributed by atoms with E-state index in [0.717, 1.165) is 50.7 Å². The fourth-order valence-electron chi connectivity index (χ4n) is 3.67. The number of para-hydroxylation sites is 2. The Kier molecular flexibility index (Phi) is 5.96. The highest BCUT2D eigenvalue weighted by molar-refractivity contribution is 5.78. The molecule has 2 fully saturated rings. The van der Waals surface area contributed by atoms with Gasteiger partial charge in [-0.05, 0) is 38.1 Å². The Bertz CT molecular complexity index is 533. The summed E-state index contributed by atoms with van der Waals surface area (Å²) in [5.41, 5.74) is 1.12. The average molecular weight is 331 g/mol. The number of methoxy groups -OCH3 is 1. The number of amides is 1. The van der Waals surface area contributed by atoms with E-state index in [-0.39, 0.29) is 5.91 Å². The average Bonchev–Trinajstić information content (AvgIpc) is 2.90. The van der Waals surface area contributed by atoms with E-state index in [1.807, 2.05) is 23.1 Å². The first-order valence-corrected chi connectivity index (χ1v) is 9.16. The van der Waals surface area contributed by atoms with Gasteiger partial charge in [0.25, 0.3) is 0 Å². The fourth-order valence-corrected chi connectivity index (χ4v) is 3.67. The summed E-state index contributed by atoms with van der Waals surface area (Å²) >= 11 is 0. The van der Waals surface area contributed by atoms with Crippen LogP contribution in [0.15, 0.2) is 24.3 Å². The molecule has 1 aromatic rings. The third-order valence-corrected chi connectivity index (χ3v) is 5.12. The smallest absolute Gasteiger partial charge is 0.236 e. The van der Waals surface area contributed by atoms with Crippen molar-refractivity contribution in [2.24, 2.45) is 0 Å². The molecular formula is C19H29N3O2. The van der Waals surface area contributed by atoms with Gasteiger partial charge >= 0.3 is 0 Å². The molecule has 0 bridgehead atoms. The Balaban J connectivity index is 1.51. The number of carbonyl (C=O) groups excluding carboxylic acids is 1. The summed E-state index contributed by atoms with van der Waals surface area (Å²) in [7, 11) is 1.71. The van der Waals surface area contributed by atoms with Crippen molar-refractivity contribution < 1.29 is 9.53 Å². The summed E-state index contributed by atoms with van der Waals surface area (Å²) in [6, 6.07) is 8.11. The molecule has 2 saturated heterocycles. The number of nitrogens with zero attached hydrogens (tertiary/aromatic N) is 3. The molecule has 0 radical (unpaired) electrons. The lowest BCUT2D eigenvalue weighted by molar-refractivity contribution is -0.132. The second-order valence-electron chi connectivity index (χ2n) is 6.73. The molecule has 0 saturated carbocycles. The van der Waals surface area contributed by atoms with Gasteiger partial charge in [-0.25, -0.2) is 0 Å². The van der Waals surface area contributed by atoms with Gasteiger partial charge in [-0.2, -0.15) is 0 Å². The summed E-state index contributed by atoms with van der Waals surface area (Å²) in [4.78, 5) is 19.3. The van der Waals surface area contributed by atoms with Gasteiger partial charge in [-0.3, -0.25) is 9.69 Å². The van der Waals surface area contributed by atoms with E-state index in [1.54, 1.807) is 7.11 Å². The van der Waals surface area contributed by atoms with Crippen LogP contribution in [0.25, 0.3) is 0 Å². The molecule has 3 rings (SSSR count). The molecule has 0 spiro atoms. The number of carbonyl (C=O) groups is 1. The number of rotatable bonds is 4. The predicted molar refractivity (Wildman–Crippen MR) is 96.7 cm³/mol. The van der Waals surface area contributed by atoms with E-state index in [2.05, 4.69) is 15.9 Å². The van der Waals surface area contributed by atoms with Crippen LogP contribution in [0.1, 0.15) is 25.7 Å². The minimum atomic E-state index is 0.288. The molecule has 0 aromatic heterocycles. The van der Waals surface area contributed by atoms with Crippen molar-refractivity contribution in [2.45, 2.75) is 25.7 Å². The summed E-state index contributed by atoms with van der Waals surface area (Å²) in [5, 5.41) is 0. The monoisotopic (exact) mass is 331 g/mol. The van der Waals surface area contributed by atoms with E-state index in [0.29, 0.717) is 6.54 Å². The third-order valence-electron chi connectivity index (χ3n) is 5.12. The van der Waals surface area contributed by atoms with Crippen LogP contribution >= 0.6 is 0 Å². The number of anilines is 1. The van der Waals surface area contributed by atoms with Crippen LogP contribution in [0.5, 0.6) is 5.75 Å². The van der Waals surface area contributed by atoms with Crippen molar-refractivity contribution in [3.8, 4) is 5.75 Å². The number of ether oxygens (including phenoxy) is 1. The van der Waals surface area contributed by atoms with Gasteiger partial charge in [-0.15, -0.1) is 0 Å². The molecule has 0 aliphatic carbocycles. The van der Waals surface area contributed by atoms with Crippen LogP contribution in [-0.4, -0.2) is 68.6 Å². The first-order valence-electron chi connectivity index (χ1n) is 9.16. The molecule has 132 valence electrons. The van der Waals surface area contributed by atoms with Crippen molar-refractivity contribution in [1.29, 1.82) is 0 Å². The Morgan fingerprint density at radius 1 is 0.958 bits per heavy atom. The maximum absolute atomic E-state index is 12.6. The molecule has 2 aliphatic rings. The molecule has 1 amide bonds. The summed E-state index contributed by atoms with van der Waals surface area (Å²) in [6.45, 7) is 6.07. The predicted octanol–water partition coefficient (Wildman–Crippen LogP) is 2.22. The van der Waals surface area contributed by atoms with Gasteiger partial charge < -0.3 is 14.5 Å². The highest BCUT2D eigenvalue weighted by atomic mass is 16.5. The quantitative estimate of drug-likeness (QED) is 0.848. The number of likely N-dealkylation sites (tertiary alicyclic amines) is 1. The largest absolute Gasteiger partial charge is 0.495 e. The second kappa shape index (κ2) is 8.38. The minimum absolute atomic E-state index is 0.288. The Morgan fingerprint density at radius 3 is 2.29 bits per heavy atom. The molecule has 2 aliphatic heterocycles. The fraction of sp³-hybridized carbons (Fsp3) is 0.632. The number of hydrogen-bond donors (Lipinski definition) is 0. The summed E-state index contributed by atoms with van der Waals surface area (Å²) in [6.07, 6.45) is 5.08. The van der Waals surface area contributed by atoms with Gasteiger partial charge in [-0.1, -0.05) is 25.0 Å². The lowest BCUT2D eigenvalue weighted by Gasteiger charge is -2.37. The second-order valence-corrected chi connectivity index (χ2v) is 6.73. The standard InChI is InChI=1S/C19H29N3O2/c1-24-18-9-5-4-8-17(18)21-12-14-22(15-13-21)19(23)16-20-10-6-2-3-7-11-20/h4-5,8-9H,2-3,6-7,10-16H2,1H3. The topological polar surface area (TPSA) is 36.0 Å². The van der Waals surface area contributed by atoms with Crippen LogP contribution in [-0.2, 0) is 4.79 Å². The first kappa shape index (κ1) is 17.1. The van der Waals surface area contributed by atoms with E-state index >= 15 is 0 Å². The number of benzene rings is 1. The molecule has 5 nitrogen and oxygen atoms in total. The maximum Gasteiger partial charge on any atom is 0.236 e. The van der Waals surface area contributed by atoms with Crippen LogP contribution in [0, 0.1) is 0 Å². The summed E-state index contributed by atoms with van der Waals surface area (Å²) < 4.78 is 5.46. The Hall–Kier alpha value is -1.75. The molecular weight excluding hydrogens is 302 g/mol. The van der Waals surface area contributed by atoms with Crippen LogP contribution < -0.4 is 9.64 Å². The Labute approximate surface area is 145 Å². The van der Waals surface area contributed by atoms with Gasteiger partial charge in [0, 0.05) is 26.2 Å². The zero-order chi connectivity index (χ0) is 16.8. The van der Waals surface area contributed by atoms with Crippen molar-refractivity contribution in [2.75, 3.05) is 57.8 Å². The van der Waals surface area contributed by atoms with Crippen LogP contribution in [0.4, 0.5) is 5.69 Å². The maximum atomic E-state index is 12.6. The number of hydrogen-bond acceptors (Lipinski definition) is 4. The zero-order valence-electron chi connectivity index (χ0n) is 14.7. The van der Waals surface area contributed by atoms with E-state index in [1.165, 1.54) is 25.7 Å². The van der Waals surface area contributed by atoms with Gasteiger partial charge in [0.15, 0.2) is 0 Å². The van der Waals surface area contributed by atoms with Crippen LogP contribution in [0.3, 0.4) is 0 Å². The zero-order valence-corrected chi connectivity index (χ0v) is 14.7. The molecule has 24 heavy (non-hydrogen) atoms. The Morgan fingerprint density at radius 2 is 1.62 bits per heavy atom. The molecule has 0 N–H and O–H groups in total. The molecule has 5 heteroatoms. The van der Waals surface area contributed by atoms with Crippen molar-refractivity contribution in [1.82, 2.24) is 9.80 Å². The molecule has 0 unspecified atom stereocenters. The van der Waals surface area contributed by atoms with Crippen molar-refractivity contribution >= 4 is 11.6 Å². The van der Waals surface area contributed by atoms with E-state index < -0.39 is 0 Å². The van der Waals surface area contributed by atoms with Gasteiger partial charge in [0.2, 0.25) is 5.91 Å². The highest BCUT2D eigenvalue weighted by Gasteiger charge is 2.24. The van der Waals surface area contributed by atoms with Gasteiger partial charge in [0.05, 0.1) is 19.3 Å². The SMILES string of the molecule is COc1ccccc1N1CCN(C(=O)CN2CCCCCC2)CC1. The number of piperazine rings is 1. The molecule has 0 atom stereocenters. The van der Waals surface area contributed by atoms with E-state index in [4.69, 9.17) is 4.74 Å². The lowest BCUT2D eigenvalue weighted by atomic mass is 10.2. The van der Waals surface area contributed by atoms with Gasteiger partial charge in [0.1, 0.15) is 5.75 Å². The minimum Gasteiger partial charge on any atom is -0.495 e. The normalized spacial score (nSPS) is 19.9. The third kappa shape index (κ3) is 4.20. The van der Waals surface area contributed by atoms with Crippen molar-refractivity contribution in [3.63, 3.8) is 0 Å². The summed E-state index contributed by atoms with van der Waals surface area (Å²) in [5.74, 6) is 1.19. The molecule has 2 heterocycles. The molecule has 1 aromatic carbocycles.